The number of aromatic nitrogens is 2. The van der Waals surface area contributed by atoms with Crippen LogP contribution >= 0.6 is 0 Å². The van der Waals surface area contributed by atoms with E-state index < -0.39 is 9.84 Å². The number of fused-ring (bicyclic) bond motifs is 1. The first-order valence-corrected chi connectivity index (χ1v) is 10.9. The van der Waals surface area contributed by atoms with Gasteiger partial charge in [0, 0.05) is 49.5 Å². The second-order valence-corrected chi connectivity index (χ2v) is 9.30. The van der Waals surface area contributed by atoms with Crippen molar-refractivity contribution in [2.75, 3.05) is 24.6 Å². The van der Waals surface area contributed by atoms with E-state index in [4.69, 9.17) is 4.74 Å². The Morgan fingerprint density at radius 1 is 1.23 bits per heavy atom. The van der Waals surface area contributed by atoms with Crippen LogP contribution in [-0.4, -0.2) is 53.6 Å². The van der Waals surface area contributed by atoms with Crippen molar-refractivity contribution in [3.8, 4) is 0 Å². The van der Waals surface area contributed by atoms with Gasteiger partial charge in [-0.05, 0) is 31.2 Å². The largest absolute Gasteiger partial charge is 0.369 e. The first kappa shape index (κ1) is 19.1. The molecule has 1 aliphatic heterocycles. The molecule has 7 heteroatoms. The Bertz CT molecular complexity index is 832. The first-order chi connectivity index (χ1) is 12.4. The van der Waals surface area contributed by atoms with Crippen LogP contribution in [0.25, 0.3) is 0 Å². The summed E-state index contributed by atoms with van der Waals surface area (Å²) in [5.74, 6) is 0.381. The van der Waals surface area contributed by atoms with Crippen molar-refractivity contribution in [1.82, 2.24) is 14.5 Å². The van der Waals surface area contributed by atoms with Crippen LogP contribution in [0.15, 0.2) is 36.5 Å². The normalized spacial score (nSPS) is 18.5. The van der Waals surface area contributed by atoms with Crippen molar-refractivity contribution in [2.24, 2.45) is 0 Å². The van der Waals surface area contributed by atoms with Crippen molar-refractivity contribution in [2.45, 2.75) is 39.6 Å². The zero-order chi connectivity index (χ0) is 18.6. The van der Waals surface area contributed by atoms with Crippen LogP contribution in [-0.2, 0) is 34.3 Å². The summed E-state index contributed by atoms with van der Waals surface area (Å²) in [5.41, 5.74) is 3.09. The Labute approximate surface area is 155 Å². The lowest BCUT2D eigenvalue weighted by molar-refractivity contribution is 0.00974. The number of aryl methyl sites for hydroxylation is 1. The van der Waals surface area contributed by atoms with E-state index in [0.717, 1.165) is 24.5 Å². The fourth-order valence-corrected chi connectivity index (χ4v) is 4.03. The van der Waals surface area contributed by atoms with Gasteiger partial charge in [-0.2, -0.15) is 0 Å². The van der Waals surface area contributed by atoms with Crippen LogP contribution in [0.1, 0.15) is 24.0 Å². The van der Waals surface area contributed by atoms with E-state index in [9.17, 15) is 8.42 Å². The van der Waals surface area contributed by atoms with Crippen LogP contribution in [0.3, 0.4) is 0 Å². The molecule has 0 N–H and O–H groups in total. The molecule has 2 aromatic heterocycles. The highest BCUT2D eigenvalue weighted by Gasteiger charge is 2.23. The fourth-order valence-electron chi connectivity index (χ4n) is 3.20. The second kappa shape index (κ2) is 8.33. The van der Waals surface area contributed by atoms with Crippen LogP contribution in [0.5, 0.6) is 0 Å². The number of hydrogen-bond acceptors (Lipinski definition) is 5. The summed E-state index contributed by atoms with van der Waals surface area (Å²) >= 11 is 0. The van der Waals surface area contributed by atoms with E-state index in [-0.39, 0.29) is 17.6 Å². The Hall–Kier alpha value is -1.70. The predicted molar refractivity (Wildman–Crippen MR) is 102 cm³/mol. The lowest BCUT2D eigenvalue weighted by Crippen LogP contribution is -2.36. The third-order valence-corrected chi connectivity index (χ3v) is 6.43. The highest BCUT2D eigenvalue weighted by molar-refractivity contribution is 7.91. The summed E-state index contributed by atoms with van der Waals surface area (Å²) < 4.78 is 32.1. The predicted octanol–water partition coefficient (Wildman–Crippen LogP) is 2.03. The number of sulfone groups is 1. The van der Waals surface area contributed by atoms with Crippen molar-refractivity contribution in [3.05, 3.63) is 53.6 Å². The van der Waals surface area contributed by atoms with E-state index in [1.165, 1.54) is 5.69 Å². The Kier molecular flexibility index (Phi) is 6.11. The lowest BCUT2D eigenvalue weighted by atomic mass is 10.3. The quantitative estimate of drug-likeness (QED) is 0.739. The molecular formula is C19H27N3O3S. The maximum atomic E-state index is 11.9. The molecule has 2 aromatic rings. The highest BCUT2D eigenvalue weighted by Crippen LogP contribution is 2.16. The molecule has 0 aromatic carbocycles. The highest BCUT2D eigenvalue weighted by atomic mass is 32.2. The summed E-state index contributed by atoms with van der Waals surface area (Å²) in [7, 11) is -2.97. The smallest absolute Gasteiger partial charge is 0.151 e. The fraction of sp³-hybridized carbons (Fsp3) is 0.526. The average molecular weight is 378 g/mol. The van der Waals surface area contributed by atoms with Crippen LogP contribution in [0.4, 0.5) is 0 Å². The first-order valence-electron chi connectivity index (χ1n) is 9.06. The molecule has 1 atom stereocenters. The van der Waals surface area contributed by atoms with Crippen molar-refractivity contribution >= 4 is 9.84 Å². The molecule has 26 heavy (non-hydrogen) atoms. The molecule has 3 rings (SSSR count). The molecule has 0 radical (unpaired) electrons. The van der Waals surface area contributed by atoms with Gasteiger partial charge in [-0.15, -0.1) is 0 Å². The average Bonchev–Trinajstić information content (AvgIpc) is 2.97. The zero-order valence-corrected chi connectivity index (χ0v) is 16.3. The lowest BCUT2D eigenvalue weighted by Gasteiger charge is -2.24. The van der Waals surface area contributed by atoms with Gasteiger partial charge in [0.05, 0.1) is 24.2 Å². The van der Waals surface area contributed by atoms with Crippen molar-refractivity contribution in [3.63, 3.8) is 0 Å². The van der Waals surface area contributed by atoms with Gasteiger partial charge in [-0.1, -0.05) is 13.0 Å². The van der Waals surface area contributed by atoms with Gasteiger partial charge >= 0.3 is 0 Å². The number of pyridine rings is 1. The molecule has 1 unspecified atom stereocenters. The Morgan fingerprint density at radius 2 is 2.08 bits per heavy atom. The van der Waals surface area contributed by atoms with Crippen molar-refractivity contribution < 1.29 is 13.2 Å². The van der Waals surface area contributed by atoms with Gasteiger partial charge in [-0.3, -0.25) is 9.88 Å². The van der Waals surface area contributed by atoms with Crippen LogP contribution < -0.4 is 0 Å². The molecule has 3 heterocycles. The Morgan fingerprint density at radius 3 is 2.85 bits per heavy atom. The topological polar surface area (TPSA) is 64.4 Å². The molecule has 0 fully saturated rings. The molecule has 0 bridgehead atoms. The van der Waals surface area contributed by atoms with Gasteiger partial charge in [0.2, 0.25) is 0 Å². The van der Waals surface area contributed by atoms with E-state index in [2.05, 4.69) is 26.7 Å². The second-order valence-electron chi connectivity index (χ2n) is 6.83. The number of nitrogens with zero attached hydrogens (tertiary/aromatic N) is 3. The molecule has 6 nitrogen and oxygen atoms in total. The summed E-state index contributed by atoms with van der Waals surface area (Å²) in [6.07, 6.45) is 2.05. The van der Waals surface area contributed by atoms with E-state index in [1.807, 2.05) is 31.2 Å². The van der Waals surface area contributed by atoms with E-state index >= 15 is 0 Å². The molecule has 1 aliphatic rings. The monoisotopic (exact) mass is 377 g/mol. The number of hydrogen-bond donors (Lipinski definition) is 0. The third kappa shape index (κ3) is 5.16. The standard InChI is InChI=1S/C19H27N3O3S/c1-3-26(23,24)11-10-21-12-18-8-5-9-22(18)14-19(13-21)25-15-17-7-4-6-16(2)20-17/h4-9,19H,3,10-15H2,1-2H3. The third-order valence-electron chi connectivity index (χ3n) is 4.74. The van der Waals surface area contributed by atoms with Gasteiger partial charge in [0.1, 0.15) is 0 Å². The molecule has 0 aliphatic carbocycles. The van der Waals surface area contributed by atoms with Crippen molar-refractivity contribution in [1.29, 1.82) is 0 Å². The molecule has 142 valence electrons. The zero-order valence-electron chi connectivity index (χ0n) is 15.5. The van der Waals surface area contributed by atoms with E-state index in [0.29, 0.717) is 19.7 Å². The van der Waals surface area contributed by atoms with Gasteiger partial charge in [0.15, 0.2) is 9.84 Å². The SMILES string of the molecule is CCS(=O)(=O)CCN1Cc2cccn2CC(OCc2cccc(C)n2)C1. The maximum Gasteiger partial charge on any atom is 0.151 e. The minimum absolute atomic E-state index is 0.00436. The minimum Gasteiger partial charge on any atom is -0.369 e. The molecule has 0 saturated heterocycles. The number of rotatable bonds is 7. The molecule has 0 spiro atoms. The minimum atomic E-state index is -2.97. The van der Waals surface area contributed by atoms with Crippen LogP contribution in [0.2, 0.25) is 0 Å². The van der Waals surface area contributed by atoms with Gasteiger partial charge in [0.25, 0.3) is 0 Å². The summed E-state index contributed by atoms with van der Waals surface area (Å²) in [6, 6.07) is 10.0. The van der Waals surface area contributed by atoms with E-state index in [1.54, 1.807) is 6.92 Å². The molecular weight excluding hydrogens is 350 g/mol. The number of ether oxygens (including phenoxy) is 1. The summed E-state index contributed by atoms with van der Waals surface area (Å²) in [5, 5.41) is 0. The van der Waals surface area contributed by atoms with Gasteiger partial charge < -0.3 is 9.30 Å². The van der Waals surface area contributed by atoms with Gasteiger partial charge in [-0.25, -0.2) is 8.42 Å². The van der Waals surface area contributed by atoms with Crippen LogP contribution in [0, 0.1) is 6.92 Å². The summed E-state index contributed by atoms with van der Waals surface area (Å²) in [6.45, 7) is 6.89. The molecule has 0 amide bonds. The Balaban J connectivity index is 1.67. The maximum absolute atomic E-state index is 11.9. The summed E-state index contributed by atoms with van der Waals surface area (Å²) in [4.78, 5) is 6.67. The molecule has 0 saturated carbocycles.